The van der Waals surface area contributed by atoms with Crippen LogP contribution in [0.5, 0.6) is 0 Å². The molecule has 0 saturated carbocycles. The van der Waals surface area contributed by atoms with Gasteiger partial charge >= 0.3 is 0 Å². The van der Waals surface area contributed by atoms with Gasteiger partial charge in [-0.15, -0.1) is 0 Å². The molecule has 78 valence electrons. The molecule has 1 aromatic rings. The van der Waals surface area contributed by atoms with Gasteiger partial charge in [0.05, 0.1) is 0 Å². The Morgan fingerprint density at radius 3 is 2.36 bits per heavy atom. The van der Waals surface area contributed by atoms with Gasteiger partial charge in [-0.25, -0.2) is 9.97 Å². The van der Waals surface area contributed by atoms with Gasteiger partial charge < -0.3 is 4.90 Å². The number of nitrogens with zero attached hydrogens (tertiary/aromatic N) is 3. The molecule has 0 aliphatic rings. The van der Waals surface area contributed by atoms with E-state index in [1.165, 1.54) is 0 Å². The Morgan fingerprint density at radius 2 is 1.86 bits per heavy atom. The van der Waals surface area contributed by atoms with Gasteiger partial charge in [0.2, 0.25) is 0 Å². The van der Waals surface area contributed by atoms with Crippen molar-refractivity contribution < 1.29 is 0 Å². The number of hydrogen-bond acceptors (Lipinski definition) is 3. The first-order valence-corrected chi connectivity index (χ1v) is 5.03. The lowest BCUT2D eigenvalue weighted by Gasteiger charge is -2.09. The first-order chi connectivity index (χ1) is 6.50. The molecule has 0 bridgehead atoms. The largest absolute Gasteiger partial charge is 0.309 e. The van der Waals surface area contributed by atoms with Gasteiger partial charge in [-0.3, -0.25) is 0 Å². The van der Waals surface area contributed by atoms with E-state index in [-0.39, 0.29) is 0 Å². The lowest BCUT2D eigenvalue weighted by molar-refractivity contribution is 0.409. The van der Waals surface area contributed by atoms with Crippen molar-refractivity contribution in [3.05, 3.63) is 22.2 Å². The average Bonchev–Trinajstić information content (AvgIpc) is 2.10. The average molecular weight is 214 g/mol. The maximum atomic E-state index is 5.97. The van der Waals surface area contributed by atoms with Crippen molar-refractivity contribution in [3.63, 3.8) is 0 Å². The van der Waals surface area contributed by atoms with Crippen LogP contribution in [-0.2, 0) is 6.42 Å². The van der Waals surface area contributed by atoms with Crippen LogP contribution in [0.2, 0.25) is 5.15 Å². The number of likely N-dealkylation sites (N-methyl/N-ethyl adjacent to an activating group) is 1. The lowest BCUT2D eigenvalue weighted by Crippen LogP contribution is -2.16. The summed E-state index contributed by atoms with van der Waals surface area (Å²) in [6.45, 7) is 4.84. The van der Waals surface area contributed by atoms with E-state index in [2.05, 4.69) is 14.9 Å². The van der Waals surface area contributed by atoms with Crippen LogP contribution >= 0.6 is 11.6 Å². The molecule has 0 spiro atoms. The molecule has 0 saturated heterocycles. The SMILES string of the molecule is Cc1nc(CCN(C)C)nc(Cl)c1C. The molecular weight excluding hydrogens is 198 g/mol. The van der Waals surface area contributed by atoms with Crippen LogP contribution in [-0.4, -0.2) is 35.5 Å². The van der Waals surface area contributed by atoms with E-state index in [0.29, 0.717) is 5.15 Å². The minimum absolute atomic E-state index is 0.575. The predicted molar refractivity (Wildman–Crippen MR) is 58.8 cm³/mol. The normalized spacial score (nSPS) is 11.0. The fourth-order valence-corrected chi connectivity index (χ4v) is 1.32. The summed E-state index contributed by atoms with van der Waals surface area (Å²) < 4.78 is 0. The molecule has 1 heterocycles. The van der Waals surface area contributed by atoms with Crippen LogP contribution in [0.25, 0.3) is 0 Å². The minimum atomic E-state index is 0.575. The van der Waals surface area contributed by atoms with E-state index in [0.717, 1.165) is 30.0 Å². The van der Waals surface area contributed by atoms with E-state index in [4.69, 9.17) is 11.6 Å². The van der Waals surface area contributed by atoms with Crippen molar-refractivity contribution in [2.45, 2.75) is 20.3 Å². The minimum Gasteiger partial charge on any atom is -0.309 e. The molecule has 1 aromatic heterocycles. The van der Waals surface area contributed by atoms with Crippen LogP contribution < -0.4 is 0 Å². The van der Waals surface area contributed by atoms with E-state index in [1.807, 2.05) is 27.9 Å². The van der Waals surface area contributed by atoms with Crippen LogP contribution in [0.1, 0.15) is 17.1 Å². The molecule has 0 radical (unpaired) electrons. The molecular formula is C10H16ClN3. The number of hydrogen-bond donors (Lipinski definition) is 0. The molecule has 0 aliphatic carbocycles. The Bertz CT molecular complexity index is 300. The highest BCUT2D eigenvalue weighted by molar-refractivity contribution is 6.30. The van der Waals surface area contributed by atoms with E-state index >= 15 is 0 Å². The topological polar surface area (TPSA) is 29.0 Å². The zero-order chi connectivity index (χ0) is 10.7. The molecule has 3 nitrogen and oxygen atoms in total. The lowest BCUT2D eigenvalue weighted by atomic mass is 10.2. The van der Waals surface area contributed by atoms with Gasteiger partial charge in [0.1, 0.15) is 11.0 Å². The zero-order valence-electron chi connectivity index (χ0n) is 9.13. The van der Waals surface area contributed by atoms with Gasteiger partial charge in [-0.2, -0.15) is 0 Å². The Balaban J connectivity index is 2.79. The first kappa shape index (κ1) is 11.4. The number of aromatic nitrogens is 2. The number of halogens is 1. The number of rotatable bonds is 3. The third-order valence-corrected chi connectivity index (χ3v) is 2.53. The quantitative estimate of drug-likeness (QED) is 0.718. The summed E-state index contributed by atoms with van der Waals surface area (Å²) in [5.41, 5.74) is 1.94. The van der Waals surface area contributed by atoms with Crippen LogP contribution in [0, 0.1) is 13.8 Å². The number of aryl methyl sites for hydroxylation is 1. The standard InChI is InChI=1S/C10H16ClN3/c1-7-8(2)12-9(13-10(7)11)5-6-14(3)4/h5-6H2,1-4H3. The molecule has 1 rings (SSSR count). The smallest absolute Gasteiger partial charge is 0.135 e. The Hall–Kier alpha value is -0.670. The van der Waals surface area contributed by atoms with E-state index < -0.39 is 0 Å². The molecule has 0 unspecified atom stereocenters. The molecule has 0 amide bonds. The summed E-state index contributed by atoms with van der Waals surface area (Å²) >= 11 is 5.97. The maximum absolute atomic E-state index is 5.97. The van der Waals surface area contributed by atoms with Crippen LogP contribution in [0.4, 0.5) is 0 Å². The Kier molecular flexibility index (Phi) is 3.84. The summed E-state index contributed by atoms with van der Waals surface area (Å²) in [5.74, 6) is 0.826. The summed E-state index contributed by atoms with van der Waals surface area (Å²) in [6.07, 6.45) is 0.841. The van der Waals surface area contributed by atoms with Gasteiger partial charge in [-0.1, -0.05) is 11.6 Å². The van der Waals surface area contributed by atoms with E-state index in [1.54, 1.807) is 0 Å². The van der Waals surface area contributed by atoms with Crippen molar-refractivity contribution in [3.8, 4) is 0 Å². The highest BCUT2D eigenvalue weighted by Crippen LogP contribution is 2.14. The highest BCUT2D eigenvalue weighted by Gasteiger charge is 2.05. The van der Waals surface area contributed by atoms with Crippen molar-refractivity contribution in [1.82, 2.24) is 14.9 Å². The Morgan fingerprint density at radius 1 is 1.21 bits per heavy atom. The summed E-state index contributed by atoms with van der Waals surface area (Å²) in [4.78, 5) is 10.7. The third-order valence-electron chi connectivity index (χ3n) is 2.16. The zero-order valence-corrected chi connectivity index (χ0v) is 9.89. The van der Waals surface area contributed by atoms with Crippen LogP contribution in [0.3, 0.4) is 0 Å². The van der Waals surface area contributed by atoms with Gasteiger partial charge in [-0.05, 0) is 27.9 Å². The Labute approximate surface area is 90.1 Å². The second-order valence-electron chi connectivity index (χ2n) is 3.69. The van der Waals surface area contributed by atoms with Crippen molar-refractivity contribution in [1.29, 1.82) is 0 Å². The second kappa shape index (κ2) is 4.71. The summed E-state index contributed by atoms with van der Waals surface area (Å²) in [5, 5.41) is 0.575. The summed E-state index contributed by atoms with van der Waals surface area (Å²) in [7, 11) is 4.06. The first-order valence-electron chi connectivity index (χ1n) is 4.65. The molecule has 0 fully saturated rings. The highest BCUT2D eigenvalue weighted by atomic mass is 35.5. The van der Waals surface area contributed by atoms with Crippen molar-refractivity contribution in [2.75, 3.05) is 20.6 Å². The fraction of sp³-hybridized carbons (Fsp3) is 0.600. The fourth-order valence-electron chi connectivity index (χ4n) is 1.08. The van der Waals surface area contributed by atoms with Gasteiger partial charge in [0.15, 0.2) is 0 Å². The molecule has 14 heavy (non-hydrogen) atoms. The predicted octanol–water partition coefficient (Wildman–Crippen LogP) is 1.85. The van der Waals surface area contributed by atoms with Crippen molar-refractivity contribution >= 4 is 11.6 Å². The third kappa shape index (κ3) is 2.93. The van der Waals surface area contributed by atoms with Gasteiger partial charge in [0, 0.05) is 24.2 Å². The maximum Gasteiger partial charge on any atom is 0.135 e. The van der Waals surface area contributed by atoms with Gasteiger partial charge in [0.25, 0.3) is 0 Å². The van der Waals surface area contributed by atoms with Crippen LogP contribution in [0.15, 0.2) is 0 Å². The molecule has 0 N–H and O–H groups in total. The molecule has 0 aliphatic heterocycles. The molecule has 4 heteroatoms. The molecule has 0 atom stereocenters. The summed E-state index contributed by atoms with van der Waals surface area (Å²) in [6, 6.07) is 0. The monoisotopic (exact) mass is 213 g/mol. The van der Waals surface area contributed by atoms with E-state index in [9.17, 15) is 0 Å². The molecule has 0 aromatic carbocycles. The second-order valence-corrected chi connectivity index (χ2v) is 4.05. The van der Waals surface area contributed by atoms with Crippen molar-refractivity contribution in [2.24, 2.45) is 0 Å².